The number of hydrogen-bond donors (Lipinski definition) is 1. The van der Waals surface area contributed by atoms with Crippen LogP contribution in [0.15, 0.2) is 24.3 Å². The van der Waals surface area contributed by atoms with E-state index in [2.05, 4.69) is 46.4 Å². The highest BCUT2D eigenvalue weighted by Gasteiger charge is 2.20. The molecule has 0 radical (unpaired) electrons. The summed E-state index contributed by atoms with van der Waals surface area (Å²) < 4.78 is 5.65. The predicted octanol–water partition coefficient (Wildman–Crippen LogP) is 2.93. The first kappa shape index (κ1) is 11.9. The van der Waals surface area contributed by atoms with Crippen LogP contribution < -0.4 is 10.1 Å². The molecule has 0 aromatic heterocycles. The lowest BCUT2D eigenvalue weighted by atomic mass is 9.93. The maximum absolute atomic E-state index is 5.65. The molecule has 2 rings (SSSR count). The summed E-state index contributed by atoms with van der Waals surface area (Å²) in [6, 6.07) is 8.90. The molecule has 0 saturated carbocycles. The third-order valence-corrected chi connectivity index (χ3v) is 4.00. The van der Waals surface area contributed by atoms with Gasteiger partial charge in [0, 0.05) is 23.8 Å². The van der Waals surface area contributed by atoms with Crippen LogP contribution in [0.5, 0.6) is 5.75 Å². The van der Waals surface area contributed by atoms with Crippen LogP contribution in [0.2, 0.25) is 0 Å². The summed E-state index contributed by atoms with van der Waals surface area (Å²) in [6.45, 7) is 4.07. The maximum atomic E-state index is 5.65. The molecule has 1 aromatic carbocycles. The van der Waals surface area contributed by atoms with Crippen molar-refractivity contribution in [3.8, 4) is 5.75 Å². The molecule has 0 aliphatic carbocycles. The molecule has 0 spiro atoms. The molecule has 1 aliphatic heterocycles. The zero-order valence-electron chi connectivity index (χ0n) is 9.58. The third-order valence-electron chi connectivity index (χ3n) is 3.03. The van der Waals surface area contributed by atoms with Crippen molar-refractivity contribution in [1.82, 2.24) is 5.32 Å². The summed E-state index contributed by atoms with van der Waals surface area (Å²) in [4.78, 5) is 0. The molecule has 1 aliphatic rings. The Kier molecular flexibility index (Phi) is 4.24. The molecule has 16 heavy (non-hydrogen) atoms. The second-order valence-corrected chi connectivity index (χ2v) is 4.98. The van der Waals surface area contributed by atoms with Crippen LogP contribution >= 0.6 is 15.9 Å². The largest absolute Gasteiger partial charge is 0.493 e. The second-order valence-electron chi connectivity index (χ2n) is 4.34. The first-order valence-electron chi connectivity index (χ1n) is 5.82. The Morgan fingerprint density at radius 3 is 3.12 bits per heavy atom. The smallest absolute Gasteiger partial charge is 0.122 e. The van der Waals surface area contributed by atoms with Gasteiger partial charge in [-0.15, -0.1) is 0 Å². The first-order chi connectivity index (χ1) is 7.81. The van der Waals surface area contributed by atoms with E-state index in [4.69, 9.17) is 4.74 Å². The molecule has 1 aromatic rings. The minimum Gasteiger partial charge on any atom is -0.493 e. The van der Waals surface area contributed by atoms with Gasteiger partial charge in [-0.05, 0) is 25.0 Å². The highest BCUT2D eigenvalue weighted by molar-refractivity contribution is 9.09. The van der Waals surface area contributed by atoms with Crippen LogP contribution in [0.4, 0.5) is 0 Å². The molecule has 0 bridgehead atoms. The van der Waals surface area contributed by atoms with E-state index in [-0.39, 0.29) is 0 Å². The van der Waals surface area contributed by atoms with Crippen LogP contribution in [0.1, 0.15) is 24.8 Å². The van der Waals surface area contributed by atoms with Gasteiger partial charge in [0.25, 0.3) is 0 Å². The van der Waals surface area contributed by atoms with E-state index in [0.717, 1.165) is 30.7 Å². The number of ether oxygens (including phenoxy) is 1. The topological polar surface area (TPSA) is 21.3 Å². The van der Waals surface area contributed by atoms with E-state index >= 15 is 0 Å². The van der Waals surface area contributed by atoms with Gasteiger partial charge in [0.15, 0.2) is 0 Å². The zero-order chi connectivity index (χ0) is 11.4. The van der Waals surface area contributed by atoms with Crippen molar-refractivity contribution in [2.75, 3.05) is 18.5 Å². The number of benzene rings is 1. The lowest BCUT2D eigenvalue weighted by Gasteiger charge is -2.27. The van der Waals surface area contributed by atoms with Crippen LogP contribution in [0.3, 0.4) is 0 Å². The lowest BCUT2D eigenvalue weighted by molar-refractivity contribution is 0.263. The Morgan fingerprint density at radius 1 is 1.50 bits per heavy atom. The molecule has 2 nitrogen and oxygen atoms in total. The summed E-state index contributed by atoms with van der Waals surface area (Å²) in [5.41, 5.74) is 1.35. The van der Waals surface area contributed by atoms with E-state index in [0.29, 0.717) is 12.0 Å². The number of para-hydroxylation sites is 1. The fourth-order valence-electron chi connectivity index (χ4n) is 2.03. The molecule has 1 N–H and O–H groups in total. The quantitative estimate of drug-likeness (QED) is 0.858. The number of halogens is 1. The summed E-state index contributed by atoms with van der Waals surface area (Å²) in [5, 5.41) is 4.54. The molecule has 2 unspecified atom stereocenters. The number of nitrogens with one attached hydrogen (secondary N) is 1. The fraction of sp³-hybridized carbons (Fsp3) is 0.538. The van der Waals surface area contributed by atoms with Gasteiger partial charge in [-0.1, -0.05) is 34.1 Å². The molecule has 88 valence electrons. The van der Waals surface area contributed by atoms with Crippen molar-refractivity contribution in [3.63, 3.8) is 0 Å². The average molecular weight is 284 g/mol. The van der Waals surface area contributed by atoms with Crippen molar-refractivity contribution < 1.29 is 4.74 Å². The molecular weight excluding hydrogens is 266 g/mol. The van der Waals surface area contributed by atoms with Crippen LogP contribution in [0.25, 0.3) is 0 Å². The van der Waals surface area contributed by atoms with E-state index < -0.39 is 0 Å². The minimum atomic E-state index is 0.523. The summed E-state index contributed by atoms with van der Waals surface area (Å²) in [6.07, 6.45) is 1.11. The molecule has 0 fully saturated rings. The molecule has 2 atom stereocenters. The summed E-state index contributed by atoms with van der Waals surface area (Å²) in [7, 11) is 0. The van der Waals surface area contributed by atoms with Gasteiger partial charge < -0.3 is 10.1 Å². The van der Waals surface area contributed by atoms with Crippen LogP contribution in [0, 0.1) is 0 Å². The minimum absolute atomic E-state index is 0.523. The van der Waals surface area contributed by atoms with Crippen molar-refractivity contribution in [2.45, 2.75) is 25.3 Å². The Hall–Kier alpha value is -0.540. The van der Waals surface area contributed by atoms with Crippen LogP contribution in [-0.2, 0) is 0 Å². The van der Waals surface area contributed by atoms with E-state index in [1.807, 2.05) is 6.07 Å². The fourth-order valence-corrected chi connectivity index (χ4v) is 2.25. The average Bonchev–Trinajstić information content (AvgIpc) is 2.35. The zero-order valence-corrected chi connectivity index (χ0v) is 11.2. The Bertz CT molecular complexity index is 342. The Morgan fingerprint density at radius 2 is 2.31 bits per heavy atom. The van der Waals surface area contributed by atoms with Gasteiger partial charge in [0.05, 0.1) is 6.61 Å². The molecular formula is C13H18BrNO. The third kappa shape index (κ3) is 2.77. The lowest BCUT2D eigenvalue weighted by Crippen LogP contribution is -2.33. The van der Waals surface area contributed by atoms with Gasteiger partial charge in [0.1, 0.15) is 5.75 Å². The Balaban J connectivity index is 2.01. The van der Waals surface area contributed by atoms with Crippen LogP contribution in [-0.4, -0.2) is 24.5 Å². The number of alkyl halides is 1. The van der Waals surface area contributed by atoms with E-state index in [1.165, 1.54) is 5.56 Å². The van der Waals surface area contributed by atoms with Crippen molar-refractivity contribution in [3.05, 3.63) is 29.8 Å². The monoisotopic (exact) mass is 283 g/mol. The van der Waals surface area contributed by atoms with Crippen molar-refractivity contribution in [2.24, 2.45) is 0 Å². The van der Waals surface area contributed by atoms with Gasteiger partial charge >= 0.3 is 0 Å². The molecule has 1 heterocycles. The summed E-state index contributed by atoms with van der Waals surface area (Å²) in [5.74, 6) is 1.65. The molecule has 0 saturated heterocycles. The summed E-state index contributed by atoms with van der Waals surface area (Å²) >= 11 is 3.48. The second kappa shape index (κ2) is 5.69. The van der Waals surface area contributed by atoms with Gasteiger partial charge in [-0.25, -0.2) is 0 Å². The normalized spacial score (nSPS) is 21.0. The van der Waals surface area contributed by atoms with Crippen molar-refractivity contribution in [1.29, 1.82) is 0 Å². The Labute approximate surface area is 106 Å². The number of hydrogen-bond acceptors (Lipinski definition) is 2. The molecule has 3 heteroatoms. The van der Waals surface area contributed by atoms with Gasteiger partial charge in [0.2, 0.25) is 0 Å². The van der Waals surface area contributed by atoms with E-state index in [1.54, 1.807) is 0 Å². The first-order valence-corrected chi connectivity index (χ1v) is 6.94. The predicted molar refractivity (Wildman–Crippen MR) is 70.6 cm³/mol. The standard InChI is InChI=1S/C13H18BrNO/c1-10(8-14)15-9-11-6-7-16-13-5-3-2-4-12(11)13/h2-5,10-11,15H,6-9H2,1H3. The van der Waals surface area contributed by atoms with Gasteiger partial charge in [-0.2, -0.15) is 0 Å². The highest BCUT2D eigenvalue weighted by atomic mass is 79.9. The van der Waals surface area contributed by atoms with Crippen molar-refractivity contribution >= 4 is 15.9 Å². The SMILES string of the molecule is CC(CBr)NCC1CCOc2ccccc21. The number of fused-ring (bicyclic) bond motifs is 1. The molecule has 0 amide bonds. The number of rotatable bonds is 4. The van der Waals surface area contributed by atoms with E-state index in [9.17, 15) is 0 Å². The van der Waals surface area contributed by atoms with Gasteiger partial charge in [-0.3, -0.25) is 0 Å². The highest BCUT2D eigenvalue weighted by Crippen LogP contribution is 2.32. The maximum Gasteiger partial charge on any atom is 0.122 e.